The first-order valence-corrected chi connectivity index (χ1v) is 10.0. The third-order valence-corrected chi connectivity index (χ3v) is 5.48. The summed E-state index contributed by atoms with van der Waals surface area (Å²) in [6, 6.07) is 11.6. The van der Waals surface area contributed by atoms with Gasteiger partial charge in [0, 0.05) is 11.4 Å². The summed E-state index contributed by atoms with van der Waals surface area (Å²) in [4.78, 5) is 16.4. The van der Waals surface area contributed by atoms with Gasteiger partial charge in [0.1, 0.15) is 11.9 Å². The molecule has 0 spiro atoms. The van der Waals surface area contributed by atoms with E-state index in [-0.39, 0.29) is 10.9 Å². The lowest BCUT2D eigenvalue weighted by Crippen LogP contribution is -3.14. The first-order chi connectivity index (χ1) is 13.5. The molecule has 0 unspecified atom stereocenters. The number of quaternary nitrogens is 1. The maximum Gasteiger partial charge on any atom is 0.246 e. The second kappa shape index (κ2) is 9.26. The van der Waals surface area contributed by atoms with Gasteiger partial charge in [-0.3, -0.25) is 4.79 Å². The Balaban J connectivity index is 1.55. The van der Waals surface area contributed by atoms with Crippen molar-refractivity contribution in [2.24, 2.45) is 0 Å². The Morgan fingerprint density at radius 1 is 1.21 bits per heavy atom. The molecule has 1 saturated heterocycles. The summed E-state index contributed by atoms with van der Waals surface area (Å²) >= 11 is 5.97. The first-order valence-electron chi connectivity index (χ1n) is 9.67. The van der Waals surface area contributed by atoms with Gasteiger partial charge in [0.2, 0.25) is 5.91 Å². The number of carbonyl (C=O) groups excluding carboxylic acids is 1. The SMILES string of the molecule is CC[NH+]1CCN(c2ccc(N[C@H](C)C(=O)Nc3ccc(F)cc3Cl)cc2)CC1. The Labute approximate surface area is 170 Å². The fraction of sp³-hybridized carbons (Fsp3) is 0.381. The lowest BCUT2D eigenvalue weighted by molar-refractivity contribution is -0.898. The molecule has 1 aliphatic heterocycles. The Hall–Kier alpha value is -2.31. The van der Waals surface area contributed by atoms with E-state index >= 15 is 0 Å². The number of amides is 1. The predicted molar refractivity (Wildman–Crippen MR) is 113 cm³/mol. The molecule has 0 aromatic heterocycles. The van der Waals surface area contributed by atoms with Gasteiger partial charge in [-0.1, -0.05) is 11.6 Å². The lowest BCUT2D eigenvalue weighted by Gasteiger charge is -2.33. The van der Waals surface area contributed by atoms with Crippen LogP contribution < -0.4 is 20.4 Å². The summed E-state index contributed by atoms with van der Waals surface area (Å²) in [5.41, 5.74) is 2.47. The van der Waals surface area contributed by atoms with Crippen LogP contribution in [-0.2, 0) is 4.79 Å². The van der Waals surface area contributed by atoms with Crippen molar-refractivity contribution < 1.29 is 14.1 Å². The fourth-order valence-corrected chi connectivity index (χ4v) is 3.57. The molecule has 1 fully saturated rings. The van der Waals surface area contributed by atoms with Crippen LogP contribution in [-0.4, -0.2) is 44.7 Å². The summed E-state index contributed by atoms with van der Waals surface area (Å²) in [7, 11) is 0. The molecule has 28 heavy (non-hydrogen) atoms. The molecule has 5 nitrogen and oxygen atoms in total. The van der Waals surface area contributed by atoms with Gasteiger partial charge in [-0.05, 0) is 56.3 Å². The highest BCUT2D eigenvalue weighted by atomic mass is 35.5. The first kappa shape index (κ1) is 20.4. The Bertz CT molecular complexity index is 807. The molecule has 0 saturated carbocycles. The highest BCUT2D eigenvalue weighted by molar-refractivity contribution is 6.33. The normalized spacial score (nSPS) is 15.9. The summed E-state index contributed by atoms with van der Waals surface area (Å²) in [5, 5.41) is 6.08. The van der Waals surface area contributed by atoms with E-state index in [2.05, 4.69) is 34.6 Å². The molecule has 7 heteroatoms. The quantitative estimate of drug-likeness (QED) is 0.692. The molecule has 0 aliphatic carbocycles. The minimum atomic E-state index is -0.469. The number of rotatable bonds is 6. The summed E-state index contributed by atoms with van der Waals surface area (Å²) in [6.45, 7) is 9.64. The van der Waals surface area contributed by atoms with Gasteiger partial charge in [0.05, 0.1) is 43.4 Å². The molecule has 2 aromatic rings. The topological polar surface area (TPSA) is 48.8 Å². The Morgan fingerprint density at radius 2 is 1.89 bits per heavy atom. The second-order valence-corrected chi connectivity index (χ2v) is 7.52. The molecule has 0 radical (unpaired) electrons. The highest BCUT2D eigenvalue weighted by Gasteiger charge is 2.19. The Kier molecular flexibility index (Phi) is 6.75. The van der Waals surface area contributed by atoms with E-state index in [9.17, 15) is 9.18 Å². The van der Waals surface area contributed by atoms with Crippen LogP contribution in [0.2, 0.25) is 5.02 Å². The van der Waals surface area contributed by atoms with Crippen molar-refractivity contribution in [2.75, 3.05) is 48.3 Å². The highest BCUT2D eigenvalue weighted by Crippen LogP contribution is 2.23. The maximum atomic E-state index is 13.1. The summed E-state index contributed by atoms with van der Waals surface area (Å²) < 4.78 is 13.1. The van der Waals surface area contributed by atoms with Gasteiger partial charge in [-0.2, -0.15) is 0 Å². The van der Waals surface area contributed by atoms with Crippen LogP contribution in [0.15, 0.2) is 42.5 Å². The van der Waals surface area contributed by atoms with Gasteiger partial charge < -0.3 is 20.4 Å². The fourth-order valence-electron chi connectivity index (χ4n) is 3.35. The molecule has 3 N–H and O–H groups in total. The molecular formula is C21H27ClFN4O+. The summed E-state index contributed by atoms with van der Waals surface area (Å²) in [5.74, 6) is -0.678. The molecular weight excluding hydrogens is 379 g/mol. The van der Waals surface area contributed by atoms with Gasteiger partial charge in [0.15, 0.2) is 0 Å². The molecule has 2 aromatic carbocycles. The van der Waals surface area contributed by atoms with Crippen molar-refractivity contribution in [3.05, 3.63) is 53.3 Å². The molecule has 1 atom stereocenters. The van der Waals surface area contributed by atoms with Crippen LogP contribution in [0.1, 0.15) is 13.8 Å². The standard InChI is InChI=1S/C21H26ClFN4O/c1-3-26-10-12-27(13-11-26)18-7-5-17(6-8-18)24-15(2)21(28)25-20-9-4-16(23)14-19(20)22/h4-9,14-15,24H,3,10-13H2,1-2H3,(H,25,28)/p+1/t15-/m1/s1. The van der Waals surface area contributed by atoms with Crippen LogP contribution >= 0.6 is 11.6 Å². The minimum Gasteiger partial charge on any atom is -0.374 e. The van der Waals surface area contributed by atoms with E-state index in [0.717, 1.165) is 18.8 Å². The third kappa shape index (κ3) is 5.14. The van der Waals surface area contributed by atoms with Crippen molar-refractivity contribution in [3.8, 4) is 0 Å². The average molecular weight is 406 g/mol. The van der Waals surface area contributed by atoms with E-state index in [0.29, 0.717) is 5.69 Å². The molecule has 0 bridgehead atoms. The predicted octanol–water partition coefficient (Wildman–Crippen LogP) is 2.64. The Morgan fingerprint density at radius 3 is 2.50 bits per heavy atom. The van der Waals surface area contributed by atoms with E-state index in [1.165, 1.54) is 43.5 Å². The van der Waals surface area contributed by atoms with E-state index in [1.54, 1.807) is 11.8 Å². The number of nitrogens with zero attached hydrogens (tertiary/aromatic N) is 1. The van der Waals surface area contributed by atoms with Crippen LogP contribution in [0, 0.1) is 5.82 Å². The van der Waals surface area contributed by atoms with Crippen LogP contribution in [0.3, 0.4) is 0 Å². The molecule has 1 aliphatic rings. The monoisotopic (exact) mass is 405 g/mol. The number of hydrogen-bond donors (Lipinski definition) is 3. The molecule has 1 heterocycles. The number of likely N-dealkylation sites (N-methyl/N-ethyl adjacent to an activating group) is 1. The zero-order valence-corrected chi connectivity index (χ0v) is 17.0. The van der Waals surface area contributed by atoms with E-state index < -0.39 is 11.9 Å². The van der Waals surface area contributed by atoms with Gasteiger partial charge >= 0.3 is 0 Å². The van der Waals surface area contributed by atoms with E-state index in [1.807, 2.05) is 12.1 Å². The summed E-state index contributed by atoms with van der Waals surface area (Å²) in [6.07, 6.45) is 0. The number of anilines is 3. The van der Waals surface area contributed by atoms with Gasteiger partial charge in [0.25, 0.3) is 0 Å². The third-order valence-electron chi connectivity index (χ3n) is 5.17. The number of hydrogen-bond acceptors (Lipinski definition) is 3. The van der Waals surface area contributed by atoms with Crippen molar-refractivity contribution in [3.63, 3.8) is 0 Å². The smallest absolute Gasteiger partial charge is 0.246 e. The average Bonchev–Trinajstić information content (AvgIpc) is 2.70. The van der Waals surface area contributed by atoms with Crippen molar-refractivity contribution in [1.82, 2.24) is 0 Å². The van der Waals surface area contributed by atoms with Crippen molar-refractivity contribution in [2.45, 2.75) is 19.9 Å². The number of carbonyl (C=O) groups is 1. The van der Waals surface area contributed by atoms with Crippen molar-refractivity contribution in [1.29, 1.82) is 0 Å². The number of piperazine rings is 1. The minimum absolute atomic E-state index is 0.176. The molecule has 1 amide bonds. The lowest BCUT2D eigenvalue weighted by atomic mass is 10.2. The molecule has 3 rings (SSSR count). The van der Waals surface area contributed by atoms with Gasteiger partial charge in [-0.15, -0.1) is 0 Å². The van der Waals surface area contributed by atoms with Crippen LogP contribution in [0.5, 0.6) is 0 Å². The van der Waals surface area contributed by atoms with Crippen LogP contribution in [0.25, 0.3) is 0 Å². The number of nitrogens with one attached hydrogen (secondary N) is 3. The van der Waals surface area contributed by atoms with E-state index in [4.69, 9.17) is 11.6 Å². The molecule has 150 valence electrons. The van der Waals surface area contributed by atoms with Crippen molar-refractivity contribution >= 4 is 34.6 Å². The zero-order valence-electron chi connectivity index (χ0n) is 16.3. The number of halogens is 2. The largest absolute Gasteiger partial charge is 0.374 e. The maximum absolute atomic E-state index is 13.1. The number of benzene rings is 2. The van der Waals surface area contributed by atoms with Gasteiger partial charge in [-0.25, -0.2) is 4.39 Å². The zero-order chi connectivity index (χ0) is 20.1. The second-order valence-electron chi connectivity index (χ2n) is 7.12. The van der Waals surface area contributed by atoms with Crippen LogP contribution in [0.4, 0.5) is 21.5 Å².